The molecular weight excluding hydrogens is 222 g/mol. The van der Waals surface area contributed by atoms with Gasteiger partial charge in [0, 0.05) is 6.61 Å². The van der Waals surface area contributed by atoms with Crippen LogP contribution in [0.2, 0.25) is 5.15 Å². The number of nitrogens with zero attached hydrogens (tertiary/aromatic N) is 2. The zero-order chi connectivity index (χ0) is 11.4. The fourth-order valence-electron chi connectivity index (χ4n) is 1.08. The average Bonchev–Trinajstić information content (AvgIpc) is 2.21. The van der Waals surface area contributed by atoms with Gasteiger partial charge in [0.2, 0.25) is 0 Å². The van der Waals surface area contributed by atoms with Crippen LogP contribution in [0.3, 0.4) is 0 Å². The SMILES string of the molecule is Nc1ncc(Cl)nc1C(O)C(O)CCO. The average molecular weight is 234 g/mol. The fourth-order valence-corrected chi connectivity index (χ4v) is 1.22. The van der Waals surface area contributed by atoms with E-state index in [0.29, 0.717) is 0 Å². The number of rotatable bonds is 4. The standard InChI is InChI=1S/C8H12ClN3O3/c9-5-3-11-8(10)6(12-5)7(15)4(14)1-2-13/h3-4,7,13-15H,1-2H2,(H2,10,11). The highest BCUT2D eigenvalue weighted by atomic mass is 35.5. The van der Waals surface area contributed by atoms with E-state index in [9.17, 15) is 10.2 Å². The minimum absolute atomic E-state index is 0.00360. The van der Waals surface area contributed by atoms with Gasteiger partial charge in [-0.2, -0.15) is 0 Å². The van der Waals surface area contributed by atoms with E-state index in [1.165, 1.54) is 6.20 Å². The van der Waals surface area contributed by atoms with Crippen LogP contribution in [0.1, 0.15) is 18.2 Å². The molecule has 0 amide bonds. The molecule has 2 unspecified atom stereocenters. The van der Waals surface area contributed by atoms with Crippen molar-refractivity contribution < 1.29 is 15.3 Å². The first-order chi connectivity index (χ1) is 7.06. The molecule has 0 radical (unpaired) electrons. The molecule has 0 spiro atoms. The van der Waals surface area contributed by atoms with Crippen LogP contribution in [0.15, 0.2) is 6.20 Å². The summed E-state index contributed by atoms with van der Waals surface area (Å²) in [4.78, 5) is 7.45. The number of hydrogen-bond donors (Lipinski definition) is 4. The third kappa shape index (κ3) is 3.00. The Morgan fingerprint density at radius 2 is 2.13 bits per heavy atom. The molecule has 0 aliphatic heterocycles. The molecule has 0 aliphatic carbocycles. The summed E-state index contributed by atoms with van der Waals surface area (Å²) < 4.78 is 0. The third-order valence-electron chi connectivity index (χ3n) is 1.87. The van der Waals surface area contributed by atoms with Gasteiger partial charge >= 0.3 is 0 Å². The van der Waals surface area contributed by atoms with Crippen molar-refractivity contribution in [3.05, 3.63) is 17.0 Å². The number of aromatic nitrogens is 2. The van der Waals surface area contributed by atoms with Gasteiger partial charge in [0.05, 0.1) is 12.3 Å². The summed E-state index contributed by atoms with van der Waals surface area (Å²) >= 11 is 5.57. The second-order valence-electron chi connectivity index (χ2n) is 2.99. The summed E-state index contributed by atoms with van der Waals surface area (Å²) in [6.45, 7) is -0.244. The molecule has 1 aromatic rings. The minimum atomic E-state index is -1.30. The number of nitrogen functional groups attached to an aromatic ring is 1. The van der Waals surface area contributed by atoms with Crippen LogP contribution >= 0.6 is 11.6 Å². The van der Waals surface area contributed by atoms with E-state index in [4.69, 9.17) is 22.4 Å². The van der Waals surface area contributed by atoms with Crippen molar-refractivity contribution in [3.63, 3.8) is 0 Å². The first-order valence-corrected chi connectivity index (χ1v) is 4.69. The fraction of sp³-hybridized carbons (Fsp3) is 0.500. The van der Waals surface area contributed by atoms with E-state index >= 15 is 0 Å². The first-order valence-electron chi connectivity index (χ1n) is 4.31. The molecule has 0 bridgehead atoms. The highest BCUT2D eigenvalue weighted by molar-refractivity contribution is 6.29. The number of aliphatic hydroxyl groups excluding tert-OH is 3. The quantitative estimate of drug-likeness (QED) is 0.557. The Kier molecular flexibility index (Phi) is 4.22. The molecule has 6 nitrogen and oxygen atoms in total. The van der Waals surface area contributed by atoms with E-state index in [-0.39, 0.29) is 29.7 Å². The lowest BCUT2D eigenvalue weighted by Crippen LogP contribution is -2.22. The van der Waals surface area contributed by atoms with E-state index in [1.807, 2.05) is 0 Å². The lowest BCUT2D eigenvalue weighted by Gasteiger charge is -2.17. The second-order valence-corrected chi connectivity index (χ2v) is 3.37. The monoisotopic (exact) mass is 233 g/mol. The van der Waals surface area contributed by atoms with Crippen molar-refractivity contribution in [1.29, 1.82) is 0 Å². The van der Waals surface area contributed by atoms with Gasteiger partial charge in [0.1, 0.15) is 22.8 Å². The van der Waals surface area contributed by atoms with Crippen LogP contribution < -0.4 is 5.73 Å². The largest absolute Gasteiger partial charge is 0.396 e. The molecule has 0 saturated carbocycles. The number of anilines is 1. The van der Waals surface area contributed by atoms with Crippen LogP contribution in [0.4, 0.5) is 5.82 Å². The molecule has 0 saturated heterocycles. The maximum Gasteiger partial charge on any atom is 0.148 e. The summed E-state index contributed by atoms with van der Waals surface area (Å²) in [6.07, 6.45) is -1.19. The van der Waals surface area contributed by atoms with Crippen LogP contribution in [0.5, 0.6) is 0 Å². The molecule has 15 heavy (non-hydrogen) atoms. The van der Waals surface area contributed by atoms with E-state index in [1.54, 1.807) is 0 Å². The zero-order valence-electron chi connectivity index (χ0n) is 7.84. The summed E-state index contributed by atoms with van der Waals surface area (Å²) in [6, 6.07) is 0. The van der Waals surface area contributed by atoms with Gasteiger partial charge in [-0.1, -0.05) is 11.6 Å². The summed E-state index contributed by atoms with van der Waals surface area (Å²) in [5, 5.41) is 27.7. The Hall–Kier alpha value is -0.950. The lowest BCUT2D eigenvalue weighted by molar-refractivity contribution is 0.00219. The maximum atomic E-state index is 9.62. The van der Waals surface area contributed by atoms with Crippen molar-refractivity contribution in [2.24, 2.45) is 0 Å². The Labute approximate surface area is 91.4 Å². The number of nitrogens with two attached hydrogens (primary N) is 1. The molecule has 84 valence electrons. The van der Waals surface area contributed by atoms with Gasteiger partial charge in [-0.15, -0.1) is 0 Å². The van der Waals surface area contributed by atoms with Gasteiger partial charge < -0.3 is 21.1 Å². The Morgan fingerprint density at radius 3 is 2.73 bits per heavy atom. The smallest absolute Gasteiger partial charge is 0.148 e. The first kappa shape index (κ1) is 12.1. The molecule has 1 aromatic heterocycles. The highest BCUT2D eigenvalue weighted by Gasteiger charge is 2.22. The number of halogens is 1. The normalized spacial score (nSPS) is 14.9. The molecular formula is C8H12ClN3O3. The molecule has 1 heterocycles. The van der Waals surface area contributed by atoms with Crippen molar-refractivity contribution in [2.45, 2.75) is 18.6 Å². The van der Waals surface area contributed by atoms with Gasteiger partial charge in [-0.05, 0) is 6.42 Å². The third-order valence-corrected chi connectivity index (χ3v) is 2.05. The summed E-state index contributed by atoms with van der Waals surface area (Å²) in [5.41, 5.74) is 5.48. The van der Waals surface area contributed by atoms with Crippen LogP contribution in [0.25, 0.3) is 0 Å². The van der Waals surface area contributed by atoms with E-state index in [0.717, 1.165) is 0 Å². The lowest BCUT2D eigenvalue weighted by atomic mass is 10.1. The predicted molar refractivity (Wildman–Crippen MR) is 54.1 cm³/mol. The summed E-state index contributed by atoms with van der Waals surface area (Å²) in [5.74, 6) is 0.00360. The molecule has 2 atom stereocenters. The molecule has 5 N–H and O–H groups in total. The van der Waals surface area contributed by atoms with Crippen LogP contribution in [-0.4, -0.2) is 38.0 Å². The Bertz CT molecular complexity index is 337. The van der Waals surface area contributed by atoms with Gasteiger partial charge in [-0.25, -0.2) is 9.97 Å². The molecule has 7 heteroatoms. The van der Waals surface area contributed by atoms with Crippen molar-refractivity contribution in [1.82, 2.24) is 9.97 Å². The molecule has 0 aliphatic rings. The maximum absolute atomic E-state index is 9.62. The molecule has 0 aromatic carbocycles. The minimum Gasteiger partial charge on any atom is -0.396 e. The van der Waals surface area contributed by atoms with Crippen LogP contribution in [0, 0.1) is 0 Å². The zero-order valence-corrected chi connectivity index (χ0v) is 8.59. The number of hydrogen-bond acceptors (Lipinski definition) is 6. The van der Waals surface area contributed by atoms with Crippen molar-refractivity contribution in [2.75, 3.05) is 12.3 Å². The topological polar surface area (TPSA) is 112 Å². The summed E-state index contributed by atoms with van der Waals surface area (Å²) in [7, 11) is 0. The second kappa shape index (κ2) is 5.22. The predicted octanol–water partition coefficient (Wildman–Crippen LogP) is -0.511. The van der Waals surface area contributed by atoms with Gasteiger partial charge in [-0.3, -0.25) is 0 Å². The van der Waals surface area contributed by atoms with Crippen LogP contribution in [-0.2, 0) is 0 Å². The Balaban J connectivity index is 2.89. The van der Waals surface area contributed by atoms with Crippen molar-refractivity contribution >= 4 is 17.4 Å². The molecule has 0 fully saturated rings. The molecule has 1 rings (SSSR count). The van der Waals surface area contributed by atoms with Crippen molar-refractivity contribution in [3.8, 4) is 0 Å². The van der Waals surface area contributed by atoms with E-state index in [2.05, 4.69) is 9.97 Å². The van der Waals surface area contributed by atoms with E-state index < -0.39 is 12.2 Å². The van der Waals surface area contributed by atoms with Gasteiger partial charge in [0.15, 0.2) is 0 Å². The number of aliphatic hydroxyl groups is 3. The van der Waals surface area contributed by atoms with Gasteiger partial charge in [0.25, 0.3) is 0 Å². The Morgan fingerprint density at radius 1 is 1.47 bits per heavy atom. The highest BCUT2D eigenvalue weighted by Crippen LogP contribution is 2.22.